The van der Waals surface area contributed by atoms with Crippen LogP contribution in [0.25, 0.3) is 0 Å². The van der Waals surface area contributed by atoms with E-state index >= 15 is 0 Å². The summed E-state index contributed by atoms with van der Waals surface area (Å²) in [6, 6.07) is 0. The van der Waals surface area contributed by atoms with E-state index in [4.69, 9.17) is 0 Å². The lowest BCUT2D eigenvalue weighted by molar-refractivity contribution is 0.146. The minimum absolute atomic E-state index is 0.164. The van der Waals surface area contributed by atoms with Gasteiger partial charge in [0.15, 0.2) is 0 Å². The largest absolute Gasteiger partial charge is 0.393 e. The van der Waals surface area contributed by atoms with E-state index in [2.05, 4.69) is 13.8 Å². The standard InChI is InChI=1S/C16H34O4S/c1-3-5-7-8-9-11-12-15(17)14-16(21(18,19)20)13-10-6-4-2/h15-17H,3-14H2,1-2H3,(H,18,19,20). The molecule has 2 N–H and O–H groups in total. The van der Waals surface area contributed by atoms with Crippen LogP contribution >= 0.6 is 0 Å². The molecule has 0 fully saturated rings. The van der Waals surface area contributed by atoms with Gasteiger partial charge in [0.1, 0.15) is 0 Å². The van der Waals surface area contributed by atoms with Gasteiger partial charge in [-0.2, -0.15) is 8.42 Å². The lowest BCUT2D eigenvalue weighted by Gasteiger charge is -2.18. The van der Waals surface area contributed by atoms with Crippen LogP contribution in [0.1, 0.15) is 90.9 Å². The maximum Gasteiger partial charge on any atom is 0.267 e. The van der Waals surface area contributed by atoms with Crippen LogP contribution in [0.4, 0.5) is 0 Å². The summed E-state index contributed by atoms with van der Waals surface area (Å²) in [6.45, 7) is 4.23. The molecular weight excluding hydrogens is 288 g/mol. The summed E-state index contributed by atoms with van der Waals surface area (Å²) in [4.78, 5) is 0. The number of aliphatic hydroxyl groups is 1. The maximum absolute atomic E-state index is 11.4. The van der Waals surface area contributed by atoms with Gasteiger partial charge in [-0.3, -0.25) is 4.55 Å². The van der Waals surface area contributed by atoms with Gasteiger partial charge >= 0.3 is 0 Å². The smallest absolute Gasteiger partial charge is 0.267 e. The highest BCUT2D eigenvalue weighted by molar-refractivity contribution is 7.86. The molecule has 0 saturated heterocycles. The average molecular weight is 323 g/mol. The molecule has 0 bridgehead atoms. The van der Waals surface area contributed by atoms with Gasteiger partial charge in [0.05, 0.1) is 11.4 Å². The van der Waals surface area contributed by atoms with Crippen molar-refractivity contribution in [2.24, 2.45) is 0 Å². The normalized spacial score (nSPS) is 15.0. The molecule has 0 saturated carbocycles. The summed E-state index contributed by atoms with van der Waals surface area (Å²) in [5.74, 6) is 0. The van der Waals surface area contributed by atoms with Crippen molar-refractivity contribution in [1.82, 2.24) is 0 Å². The van der Waals surface area contributed by atoms with Crippen molar-refractivity contribution >= 4 is 10.1 Å². The Morgan fingerprint density at radius 2 is 1.29 bits per heavy atom. The topological polar surface area (TPSA) is 74.6 Å². The fraction of sp³-hybridized carbons (Fsp3) is 1.00. The van der Waals surface area contributed by atoms with Crippen LogP contribution in [0.3, 0.4) is 0 Å². The molecule has 0 aliphatic carbocycles. The third-order valence-electron chi connectivity index (χ3n) is 3.98. The Bertz CT molecular complexity index is 327. The summed E-state index contributed by atoms with van der Waals surface area (Å²) >= 11 is 0. The van der Waals surface area contributed by atoms with E-state index in [1.807, 2.05) is 0 Å². The first kappa shape index (κ1) is 20.9. The van der Waals surface area contributed by atoms with Crippen molar-refractivity contribution < 1.29 is 18.1 Å². The minimum Gasteiger partial charge on any atom is -0.393 e. The van der Waals surface area contributed by atoms with Crippen LogP contribution in [0.15, 0.2) is 0 Å². The molecule has 5 heteroatoms. The highest BCUT2D eigenvalue weighted by Gasteiger charge is 2.25. The molecule has 0 aromatic rings. The van der Waals surface area contributed by atoms with E-state index in [-0.39, 0.29) is 6.42 Å². The van der Waals surface area contributed by atoms with Crippen molar-refractivity contribution in [3.05, 3.63) is 0 Å². The summed E-state index contributed by atoms with van der Waals surface area (Å²) in [5, 5.41) is 9.16. The molecule has 4 nitrogen and oxygen atoms in total. The highest BCUT2D eigenvalue weighted by Crippen LogP contribution is 2.19. The molecule has 128 valence electrons. The minimum atomic E-state index is -4.04. The van der Waals surface area contributed by atoms with E-state index in [1.54, 1.807) is 0 Å². The average Bonchev–Trinajstić information content (AvgIpc) is 2.40. The monoisotopic (exact) mass is 322 g/mol. The van der Waals surface area contributed by atoms with Gasteiger partial charge in [0, 0.05) is 0 Å². The van der Waals surface area contributed by atoms with Crippen LogP contribution in [0.5, 0.6) is 0 Å². The third-order valence-corrected chi connectivity index (χ3v) is 5.25. The molecule has 0 spiro atoms. The molecular formula is C16H34O4S. The van der Waals surface area contributed by atoms with E-state index < -0.39 is 21.5 Å². The first-order valence-electron chi connectivity index (χ1n) is 8.56. The van der Waals surface area contributed by atoms with E-state index in [0.29, 0.717) is 12.8 Å². The molecule has 0 aromatic carbocycles. The van der Waals surface area contributed by atoms with Crippen LogP contribution in [-0.4, -0.2) is 29.4 Å². The molecule has 0 heterocycles. The van der Waals surface area contributed by atoms with Crippen LogP contribution in [0, 0.1) is 0 Å². The maximum atomic E-state index is 11.4. The van der Waals surface area contributed by atoms with Crippen molar-refractivity contribution in [3.63, 3.8) is 0 Å². The van der Waals surface area contributed by atoms with Gasteiger partial charge in [-0.05, 0) is 19.3 Å². The van der Waals surface area contributed by atoms with Crippen LogP contribution in [0.2, 0.25) is 0 Å². The van der Waals surface area contributed by atoms with Crippen molar-refractivity contribution in [2.45, 2.75) is 102 Å². The Morgan fingerprint density at radius 3 is 1.86 bits per heavy atom. The van der Waals surface area contributed by atoms with Crippen molar-refractivity contribution in [3.8, 4) is 0 Å². The Hall–Kier alpha value is -0.130. The zero-order valence-electron chi connectivity index (χ0n) is 13.8. The van der Waals surface area contributed by atoms with Crippen LogP contribution < -0.4 is 0 Å². The zero-order chi connectivity index (χ0) is 16.1. The van der Waals surface area contributed by atoms with E-state index in [1.165, 1.54) is 25.7 Å². The Balaban J connectivity index is 3.96. The summed E-state index contributed by atoms with van der Waals surface area (Å²) in [7, 11) is -4.04. The highest BCUT2D eigenvalue weighted by atomic mass is 32.2. The second kappa shape index (κ2) is 12.4. The van der Waals surface area contributed by atoms with Gasteiger partial charge in [-0.15, -0.1) is 0 Å². The summed E-state index contributed by atoms with van der Waals surface area (Å²) < 4.78 is 32.0. The first-order valence-corrected chi connectivity index (χ1v) is 10.1. The number of unbranched alkanes of at least 4 members (excludes halogenated alkanes) is 7. The fourth-order valence-corrected chi connectivity index (χ4v) is 3.52. The molecule has 0 radical (unpaired) electrons. The molecule has 0 aromatic heterocycles. The second-order valence-electron chi connectivity index (χ2n) is 6.08. The van der Waals surface area contributed by atoms with Crippen molar-refractivity contribution in [2.75, 3.05) is 0 Å². The number of hydrogen-bond acceptors (Lipinski definition) is 3. The Morgan fingerprint density at radius 1 is 0.810 bits per heavy atom. The quantitative estimate of drug-likeness (QED) is 0.369. The van der Waals surface area contributed by atoms with Crippen LogP contribution in [-0.2, 0) is 10.1 Å². The lowest BCUT2D eigenvalue weighted by Crippen LogP contribution is -2.26. The lowest BCUT2D eigenvalue weighted by atomic mass is 10.0. The summed E-state index contributed by atoms with van der Waals surface area (Å²) in [6.07, 6.45) is 10.3. The van der Waals surface area contributed by atoms with Crippen molar-refractivity contribution in [1.29, 1.82) is 0 Å². The van der Waals surface area contributed by atoms with Gasteiger partial charge in [0.25, 0.3) is 10.1 Å². The molecule has 2 atom stereocenters. The van der Waals surface area contributed by atoms with Gasteiger partial charge in [-0.25, -0.2) is 0 Å². The zero-order valence-corrected chi connectivity index (χ0v) is 14.6. The molecule has 2 unspecified atom stereocenters. The molecule has 0 rings (SSSR count). The van der Waals surface area contributed by atoms with Gasteiger partial charge in [0.2, 0.25) is 0 Å². The molecule has 0 amide bonds. The predicted molar refractivity (Wildman–Crippen MR) is 88.1 cm³/mol. The van der Waals surface area contributed by atoms with E-state index in [9.17, 15) is 18.1 Å². The van der Waals surface area contributed by atoms with Gasteiger partial charge in [-0.1, -0.05) is 71.6 Å². The van der Waals surface area contributed by atoms with E-state index in [0.717, 1.165) is 32.1 Å². The SMILES string of the molecule is CCCCCCCCC(O)CC(CCCCC)S(=O)(=O)O. The third kappa shape index (κ3) is 12.1. The number of hydrogen-bond donors (Lipinski definition) is 2. The fourth-order valence-electron chi connectivity index (χ4n) is 2.59. The molecule has 0 aliphatic rings. The predicted octanol–water partition coefficient (Wildman–Crippen LogP) is 4.32. The molecule has 0 aliphatic heterocycles. The Kier molecular flexibility index (Phi) is 12.3. The molecule has 21 heavy (non-hydrogen) atoms. The first-order chi connectivity index (χ1) is 9.91. The Labute approximate surface area is 131 Å². The second-order valence-corrected chi connectivity index (χ2v) is 7.78. The summed E-state index contributed by atoms with van der Waals surface area (Å²) in [5.41, 5.74) is 0. The number of aliphatic hydroxyl groups excluding tert-OH is 1. The number of rotatable bonds is 14. The van der Waals surface area contributed by atoms with Gasteiger partial charge < -0.3 is 5.11 Å².